The van der Waals surface area contributed by atoms with Crippen LogP contribution >= 0.6 is 11.6 Å². The first-order chi connectivity index (χ1) is 6.02. The molecule has 0 radical (unpaired) electrons. The topological polar surface area (TPSA) is 24.1 Å². The van der Waals surface area contributed by atoms with Crippen molar-refractivity contribution in [3.05, 3.63) is 28.5 Å². The van der Waals surface area contributed by atoms with Crippen molar-refractivity contribution in [1.82, 2.24) is 0 Å². The fourth-order valence-corrected chi connectivity index (χ4v) is 2.20. The summed E-state index contributed by atoms with van der Waals surface area (Å²) < 4.78 is 1.11. The summed E-state index contributed by atoms with van der Waals surface area (Å²) in [6.07, 6.45) is 2.10. The molecule has 2 rings (SSSR count). The van der Waals surface area contributed by atoms with Gasteiger partial charge < -0.3 is 0 Å². The van der Waals surface area contributed by atoms with E-state index in [9.17, 15) is 5.21 Å². The van der Waals surface area contributed by atoms with Crippen molar-refractivity contribution < 1.29 is 9.94 Å². The fraction of sp³-hybridized carbons (Fsp3) is 0.500. The third kappa shape index (κ3) is 1.20. The highest BCUT2D eigenvalue weighted by Crippen LogP contribution is 2.36. The molecular weight excluding hydrogens is 186 g/mol. The van der Waals surface area contributed by atoms with Gasteiger partial charge in [-0.25, -0.2) is 0 Å². The van der Waals surface area contributed by atoms with E-state index in [1.165, 1.54) is 5.56 Å². The summed E-state index contributed by atoms with van der Waals surface area (Å²) in [4.78, 5) is 0. The summed E-state index contributed by atoms with van der Waals surface area (Å²) in [6, 6.07) is 3.74. The Morgan fingerprint density at radius 3 is 2.85 bits per heavy atom. The van der Waals surface area contributed by atoms with E-state index in [1.807, 2.05) is 6.07 Å². The normalized spacial score (nSPS) is 18.7. The Morgan fingerprint density at radius 1 is 1.46 bits per heavy atom. The van der Waals surface area contributed by atoms with Crippen LogP contribution in [-0.2, 0) is 11.8 Å². The molecule has 0 unspecified atom stereocenters. The Labute approximate surface area is 82.7 Å². The smallest absolute Gasteiger partial charge is 0.283 e. The zero-order valence-corrected chi connectivity index (χ0v) is 8.60. The Kier molecular flexibility index (Phi) is 1.77. The molecule has 0 atom stereocenters. The van der Waals surface area contributed by atoms with Gasteiger partial charge in [-0.15, -0.1) is 0 Å². The van der Waals surface area contributed by atoms with Gasteiger partial charge in [0.25, 0.3) is 0 Å². The molecule has 1 heterocycles. The van der Waals surface area contributed by atoms with Gasteiger partial charge in [-0.1, -0.05) is 0 Å². The maximum Gasteiger partial charge on any atom is 0.325 e. The number of halogens is 1. The molecule has 1 aromatic heterocycles. The average Bonchev–Trinajstić information content (AvgIpc) is 2.35. The Hall–Kier alpha value is -0.760. The van der Waals surface area contributed by atoms with Crippen LogP contribution in [0.2, 0.25) is 5.15 Å². The number of pyridine rings is 1. The van der Waals surface area contributed by atoms with Gasteiger partial charge in [0.05, 0.1) is 5.41 Å². The number of rotatable bonds is 0. The molecule has 1 N–H and O–H groups in total. The van der Waals surface area contributed by atoms with Crippen LogP contribution in [0.3, 0.4) is 0 Å². The van der Waals surface area contributed by atoms with Crippen LogP contribution in [0.5, 0.6) is 0 Å². The fourth-order valence-electron chi connectivity index (χ4n) is 2.05. The first-order valence-electron chi connectivity index (χ1n) is 4.45. The molecule has 0 bridgehead atoms. The lowest BCUT2D eigenvalue weighted by molar-refractivity contribution is -0.909. The molecule has 70 valence electrons. The third-order valence-corrected chi connectivity index (χ3v) is 3.09. The number of aromatic nitrogens is 1. The highest BCUT2D eigenvalue weighted by atomic mass is 35.5. The van der Waals surface area contributed by atoms with E-state index in [-0.39, 0.29) is 5.41 Å². The van der Waals surface area contributed by atoms with Crippen molar-refractivity contribution in [2.45, 2.75) is 32.1 Å². The van der Waals surface area contributed by atoms with Gasteiger partial charge in [0.2, 0.25) is 5.69 Å². The minimum absolute atomic E-state index is 0.0367. The molecule has 0 aromatic carbocycles. The van der Waals surface area contributed by atoms with Crippen molar-refractivity contribution in [1.29, 1.82) is 0 Å². The second-order valence-corrected chi connectivity index (χ2v) is 4.61. The number of aryl methyl sites for hydroxylation is 1. The molecule has 0 saturated carbocycles. The standard InChI is InChI=1S/C10H13ClNO/c1-10(2)6-5-7-3-4-8(11)12(13)9(7)10/h3-4,13H,5-6H2,1-2H3/q+1. The molecule has 0 saturated heterocycles. The highest BCUT2D eigenvalue weighted by Gasteiger charge is 2.40. The van der Waals surface area contributed by atoms with Crippen molar-refractivity contribution >= 4 is 11.6 Å². The van der Waals surface area contributed by atoms with Gasteiger partial charge in [-0.2, -0.15) is 0 Å². The predicted molar refractivity (Wildman–Crippen MR) is 50.2 cm³/mol. The first kappa shape index (κ1) is 8.82. The van der Waals surface area contributed by atoms with Crippen LogP contribution in [0.15, 0.2) is 12.1 Å². The highest BCUT2D eigenvalue weighted by molar-refractivity contribution is 6.28. The van der Waals surface area contributed by atoms with Crippen LogP contribution in [0.25, 0.3) is 0 Å². The molecule has 13 heavy (non-hydrogen) atoms. The first-order valence-corrected chi connectivity index (χ1v) is 4.83. The van der Waals surface area contributed by atoms with Crippen LogP contribution in [0, 0.1) is 0 Å². The van der Waals surface area contributed by atoms with Gasteiger partial charge in [-0.3, -0.25) is 5.21 Å². The van der Waals surface area contributed by atoms with E-state index in [2.05, 4.69) is 13.8 Å². The van der Waals surface area contributed by atoms with E-state index >= 15 is 0 Å². The molecule has 3 heteroatoms. The van der Waals surface area contributed by atoms with Gasteiger partial charge in [0.1, 0.15) is 0 Å². The number of hydrogen-bond donors (Lipinski definition) is 1. The summed E-state index contributed by atoms with van der Waals surface area (Å²) in [7, 11) is 0. The summed E-state index contributed by atoms with van der Waals surface area (Å²) in [5, 5.41) is 10.1. The summed E-state index contributed by atoms with van der Waals surface area (Å²) in [5.41, 5.74) is 2.20. The van der Waals surface area contributed by atoms with E-state index in [0.717, 1.165) is 23.3 Å². The minimum Gasteiger partial charge on any atom is -0.283 e. The summed E-state index contributed by atoms with van der Waals surface area (Å²) >= 11 is 5.83. The lowest BCUT2D eigenvalue weighted by atomic mass is 9.90. The third-order valence-electron chi connectivity index (χ3n) is 2.80. The molecule has 0 amide bonds. The van der Waals surface area contributed by atoms with Gasteiger partial charge in [-0.05, 0) is 44.4 Å². The van der Waals surface area contributed by atoms with E-state index in [0.29, 0.717) is 5.15 Å². The number of hydrogen-bond acceptors (Lipinski definition) is 1. The maximum atomic E-state index is 9.74. The Balaban J connectivity index is 2.68. The van der Waals surface area contributed by atoms with Crippen LogP contribution in [0.4, 0.5) is 0 Å². The van der Waals surface area contributed by atoms with Crippen molar-refractivity contribution in [3.8, 4) is 0 Å². The Morgan fingerprint density at radius 2 is 2.15 bits per heavy atom. The van der Waals surface area contributed by atoms with Crippen LogP contribution in [0.1, 0.15) is 31.5 Å². The van der Waals surface area contributed by atoms with E-state index in [1.54, 1.807) is 6.07 Å². The quantitative estimate of drug-likeness (QED) is 0.385. The molecule has 2 nitrogen and oxygen atoms in total. The molecule has 0 spiro atoms. The van der Waals surface area contributed by atoms with Crippen molar-refractivity contribution in [3.63, 3.8) is 0 Å². The van der Waals surface area contributed by atoms with Crippen molar-refractivity contribution in [2.24, 2.45) is 0 Å². The average molecular weight is 199 g/mol. The van der Waals surface area contributed by atoms with Crippen LogP contribution in [-0.4, -0.2) is 5.21 Å². The van der Waals surface area contributed by atoms with Gasteiger partial charge in [0.15, 0.2) is 0 Å². The molecule has 1 aromatic rings. The van der Waals surface area contributed by atoms with Gasteiger partial charge in [0, 0.05) is 16.4 Å². The molecular formula is C10H13ClNO+. The molecule has 0 aliphatic heterocycles. The largest absolute Gasteiger partial charge is 0.325 e. The predicted octanol–water partition coefficient (Wildman–Crippen LogP) is 2.09. The lowest BCUT2D eigenvalue weighted by Gasteiger charge is -2.12. The number of nitrogens with zero attached hydrogens (tertiary/aromatic N) is 1. The SMILES string of the molecule is CC1(C)CCc2ccc(Cl)[n+](O)c21. The zero-order valence-electron chi connectivity index (χ0n) is 7.84. The summed E-state index contributed by atoms with van der Waals surface area (Å²) in [6.45, 7) is 4.25. The maximum absolute atomic E-state index is 9.74. The summed E-state index contributed by atoms with van der Waals surface area (Å²) in [5.74, 6) is 0. The van der Waals surface area contributed by atoms with Crippen molar-refractivity contribution in [2.75, 3.05) is 0 Å². The minimum atomic E-state index is 0.0367. The molecule has 1 aliphatic rings. The van der Waals surface area contributed by atoms with Gasteiger partial charge >= 0.3 is 5.15 Å². The second-order valence-electron chi connectivity index (χ2n) is 4.23. The monoisotopic (exact) mass is 198 g/mol. The molecule has 1 aliphatic carbocycles. The number of fused-ring (bicyclic) bond motifs is 1. The lowest BCUT2D eigenvalue weighted by Crippen LogP contribution is -2.41. The van der Waals surface area contributed by atoms with Crippen LogP contribution < -0.4 is 4.73 Å². The zero-order chi connectivity index (χ0) is 9.64. The van der Waals surface area contributed by atoms with E-state index in [4.69, 9.17) is 11.6 Å². The van der Waals surface area contributed by atoms with E-state index < -0.39 is 0 Å². The second kappa shape index (κ2) is 2.61. The Bertz CT molecular complexity index is 360. The molecule has 0 fully saturated rings.